The Morgan fingerprint density at radius 2 is 2.50 bits per heavy atom. The molecule has 1 aliphatic rings. The summed E-state index contributed by atoms with van der Waals surface area (Å²) in [5, 5.41) is 3.92. The van der Waals surface area contributed by atoms with Crippen LogP contribution < -0.4 is 0 Å². The van der Waals surface area contributed by atoms with Crippen molar-refractivity contribution in [1.29, 1.82) is 0 Å². The van der Waals surface area contributed by atoms with Gasteiger partial charge in [0.15, 0.2) is 5.82 Å². The van der Waals surface area contributed by atoms with Crippen molar-refractivity contribution in [3.63, 3.8) is 0 Å². The molecule has 0 aromatic carbocycles. The Kier molecular flexibility index (Phi) is 3.98. The predicted octanol–water partition coefficient (Wildman–Crippen LogP) is 1.89. The Bertz CT molecular complexity index is 359. The molecule has 0 spiro atoms. The minimum atomic E-state index is 0.0587. The third kappa shape index (κ3) is 3.33. The van der Waals surface area contributed by atoms with Gasteiger partial charge in [-0.25, -0.2) is 0 Å². The van der Waals surface area contributed by atoms with E-state index < -0.39 is 0 Å². The summed E-state index contributed by atoms with van der Waals surface area (Å²) in [4.78, 5) is 15.1. The zero-order chi connectivity index (χ0) is 11.4. The molecule has 0 amide bonds. The topological polar surface area (TPSA) is 56.0 Å². The quantitative estimate of drug-likeness (QED) is 0.804. The molecule has 2 heterocycles. The number of ketones is 1. The van der Waals surface area contributed by atoms with Gasteiger partial charge in [-0.05, 0) is 37.2 Å². The van der Waals surface area contributed by atoms with Gasteiger partial charge in [0.25, 0.3) is 0 Å². The van der Waals surface area contributed by atoms with Crippen LogP contribution in [0.3, 0.4) is 0 Å². The maximum atomic E-state index is 10.9. The van der Waals surface area contributed by atoms with Crippen LogP contribution in [-0.4, -0.2) is 27.4 Å². The summed E-state index contributed by atoms with van der Waals surface area (Å²) >= 11 is 2.00. The molecule has 0 saturated carbocycles. The summed E-state index contributed by atoms with van der Waals surface area (Å²) in [5.74, 6) is 4.40. The Balaban J connectivity index is 1.88. The lowest BCUT2D eigenvalue weighted by Gasteiger charge is -2.19. The molecule has 1 aromatic heterocycles. The summed E-state index contributed by atoms with van der Waals surface area (Å²) in [5.41, 5.74) is 0. The van der Waals surface area contributed by atoms with Crippen molar-refractivity contribution < 1.29 is 9.32 Å². The van der Waals surface area contributed by atoms with Gasteiger partial charge in [-0.2, -0.15) is 16.7 Å². The van der Waals surface area contributed by atoms with Crippen LogP contribution in [-0.2, 0) is 17.6 Å². The molecule has 2 rings (SSSR count). The molecule has 1 fully saturated rings. The number of aromatic nitrogens is 2. The summed E-state index contributed by atoms with van der Waals surface area (Å²) in [7, 11) is 0. The van der Waals surface area contributed by atoms with E-state index in [1.807, 2.05) is 11.8 Å². The zero-order valence-corrected chi connectivity index (χ0v) is 10.3. The van der Waals surface area contributed by atoms with Crippen molar-refractivity contribution in [2.75, 3.05) is 11.5 Å². The van der Waals surface area contributed by atoms with E-state index in [0.29, 0.717) is 11.8 Å². The molecular formula is C11H16N2O2S. The number of Topliss-reactive ketones (excluding diaryl/α,β-unsaturated/α-hetero) is 1. The number of rotatable bonds is 4. The van der Waals surface area contributed by atoms with Gasteiger partial charge >= 0.3 is 0 Å². The van der Waals surface area contributed by atoms with Crippen LogP contribution in [0.15, 0.2) is 4.52 Å². The van der Waals surface area contributed by atoms with Crippen LogP contribution >= 0.6 is 11.8 Å². The number of hydrogen-bond donors (Lipinski definition) is 0. The van der Waals surface area contributed by atoms with Crippen LogP contribution in [0.5, 0.6) is 0 Å². The Hall–Kier alpha value is -0.840. The lowest BCUT2D eigenvalue weighted by Crippen LogP contribution is -2.13. The maximum absolute atomic E-state index is 10.9. The molecule has 1 aromatic rings. The smallest absolute Gasteiger partial charge is 0.234 e. The number of carbonyl (C=O) groups is 1. The van der Waals surface area contributed by atoms with Crippen molar-refractivity contribution in [3.05, 3.63) is 11.7 Å². The normalized spacial score (nSPS) is 20.9. The van der Waals surface area contributed by atoms with Crippen molar-refractivity contribution in [2.24, 2.45) is 5.92 Å². The SMILES string of the molecule is CC(=O)Cc1nc(CC2CCCSC2)no1. The van der Waals surface area contributed by atoms with Gasteiger partial charge in [0.05, 0.1) is 6.42 Å². The molecule has 0 N–H and O–H groups in total. The van der Waals surface area contributed by atoms with Gasteiger partial charge in [-0.1, -0.05) is 5.16 Å². The van der Waals surface area contributed by atoms with E-state index in [4.69, 9.17) is 4.52 Å². The Morgan fingerprint density at radius 1 is 1.62 bits per heavy atom. The highest BCUT2D eigenvalue weighted by Gasteiger charge is 2.17. The maximum Gasteiger partial charge on any atom is 0.234 e. The molecule has 0 bridgehead atoms. The average Bonchev–Trinajstić information content (AvgIpc) is 2.66. The number of carbonyl (C=O) groups excluding carboxylic acids is 1. The second kappa shape index (κ2) is 5.48. The third-order valence-corrected chi connectivity index (χ3v) is 3.92. The first kappa shape index (κ1) is 11.6. The zero-order valence-electron chi connectivity index (χ0n) is 9.44. The standard InChI is InChI=1S/C11H16N2O2S/c1-8(14)5-11-12-10(13-15-11)6-9-3-2-4-16-7-9/h9H,2-7H2,1H3. The van der Waals surface area contributed by atoms with Crippen LogP contribution in [0.2, 0.25) is 0 Å². The van der Waals surface area contributed by atoms with Gasteiger partial charge in [0.2, 0.25) is 5.89 Å². The first-order chi connectivity index (χ1) is 7.74. The summed E-state index contributed by atoms with van der Waals surface area (Å²) in [6.07, 6.45) is 3.68. The second-order valence-corrected chi connectivity index (χ2v) is 5.42. The lowest BCUT2D eigenvalue weighted by atomic mass is 10.0. The van der Waals surface area contributed by atoms with Gasteiger partial charge in [0.1, 0.15) is 5.78 Å². The summed E-state index contributed by atoms with van der Waals surface area (Å²) in [6, 6.07) is 0. The second-order valence-electron chi connectivity index (χ2n) is 4.27. The highest BCUT2D eigenvalue weighted by atomic mass is 32.2. The monoisotopic (exact) mass is 240 g/mol. The molecule has 4 nitrogen and oxygen atoms in total. The molecule has 1 atom stereocenters. The lowest BCUT2D eigenvalue weighted by molar-refractivity contribution is -0.116. The number of nitrogens with zero attached hydrogens (tertiary/aromatic N) is 2. The van der Waals surface area contributed by atoms with E-state index in [9.17, 15) is 4.79 Å². The summed E-state index contributed by atoms with van der Waals surface area (Å²) in [6.45, 7) is 1.53. The van der Waals surface area contributed by atoms with E-state index in [1.165, 1.54) is 31.3 Å². The van der Waals surface area contributed by atoms with Crippen molar-refractivity contribution in [1.82, 2.24) is 10.1 Å². The fraction of sp³-hybridized carbons (Fsp3) is 0.727. The third-order valence-electron chi connectivity index (χ3n) is 2.64. The van der Waals surface area contributed by atoms with Gasteiger partial charge in [-0.3, -0.25) is 4.79 Å². The molecule has 1 aliphatic heterocycles. The van der Waals surface area contributed by atoms with E-state index in [0.717, 1.165) is 12.2 Å². The average molecular weight is 240 g/mol. The Labute approximate surface area is 99.2 Å². The molecule has 88 valence electrons. The molecule has 1 saturated heterocycles. The molecule has 0 radical (unpaired) electrons. The van der Waals surface area contributed by atoms with E-state index in [-0.39, 0.29) is 12.2 Å². The molecule has 5 heteroatoms. The van der Waals surface area contributed by atoms with Crippen LogP contribution in [0.25, 0.3) is 0 Å². The highest BCUT2D eigenvalue weighted by Crippen LogP contribution is 2.24. The van der Waals surface area contributed by atoms with E-state index in [2.05, 4.69) is 10.1 Å². The molecular weight excluding hydrogens is 224 g/mol. The predicted molar refractivity (Wildman–Crippen MR) is 62.4 cm³/mol. The van der Waals surface area contributed by atoms with Crippen molar-refractivity contribution in [3.8, 4) is 0 Å². The first-order valence-electron chi connectivity index (χ1n) is 5.62. The van der Waals surface area contributed by atoms with Crippen molar-refractivity contribution >= 4 is 17.5 Å². The Morgan fingerprint density at radius 3 is 3.19 bits per heavy atom. The number of hydrogen-bond acceptors (Lipinski definition) is 5. The van der Waals surface area contributed by atoms with Crippen LogP contribution in [0.4, 0.5) is 0 Å². The molecule has 1 unspecified atom stereocenters. The first-order valence-corrected chi connectivity index (χ1v) is 6.78. The van der Waals surface area contributed by atoms with Crippen LogP contribution in [0, 0.1) is 5.92 Å². The van der Waals surface area contributed by atoms with Crippen LogP contribution in [0.1, 0.15) is 31.5 Å². The van der Waals surface area contributed by atoms with E-state index in [1.54, 1.807) is 0 Å². The van der Waals surface area contributed by atoms with Gasteiger partial charge < -0.3 is 4.52 Å². The molecule has 0 aliphatic carbocycles. The van der Waals surface area contributed by atoms with Crippen molar-refractivity contribution in [2.45, 2.75) is 32.6 Å². The van der Waals surface area contributed by atoms with E-state index >= 15 is 0 Å². The van der Waals surface area contributed by atoms with Gasteiger partial charge in [0, 0.05) is 6.42 Å². The minimum Gasteiger partial charge on any atom is -0.339 e. The summed E-state index contributed by atoms with van der Waals surface area (Å²) < 4.78 is 5.03. The fourth-order valence-electron chi connectivity index (χ4n) is 1.88. The molecule has 16 heavy (non-hydrogen) atoms. The highest BCUT2D eigenvalue weighted by molar-refractivity contribution is 7.99. The fourth-order valence-corrected chi connectivity index (χ4v) is 3.04. The largest absolute Gasteiger partial charge is 0.339 e. The van der Waals surface area contributed by atoms with Gasteiger partial charge in [-0.15, -0.1) is 0 Å². The number of thioether (sulfide) groups is 1. The minimum absolute atomic E-state index is 0.0587.